The number of hydrogen-bond donors (Lipinski definition) is 1. The number of benzene rings is 1. The van der Waals surface area contributed by atoms with Crippen molar-refractivity contribution in [3.63, 3.8) is 0 Å². The van der Waals surface area contributed by atoms with Crippen LogP contribution in [0, 0.1) is 0 Å². The molecule has 1 heterocycles. The maximum absolute atomic E-state index is 12.0. The molecule has 0 saturated heterocycles. The first-order chi connectivity index (χ1) is 8.04. The maximum atomic E-state index is 12.0. The van der Waals surface area contributed by atoms with Crippen molar-refractivity contribution in [3.05, 3.63) is 45.9 Å². The summed E-state index contributed by atoms with van der Waals surface area (Å²) in [6.45, 7) is 4.77. The summed E-state index contributed by atoms with van der Waals surface area (Å²) in [6.07, 6.45) is 1.93. The standard InChI is InChI=1S/C14H18N2O/c1-9(2)13-8-16(3)14(17)11-5-4-10(7-15)6-12(11)13/h4-6,8-9H,7,15H2,1-3H3. The Bertz CT molecular complexity index is 611. The highest BCUT2D eigenvalue weighted by molar-refractivity contribution is 5.85. The first kappa shape index (κ1) is 11.9. The molecule has 0 spiro atoms. The third-order valence-corrected chi connectivity index (χ3v) is 3.14. The van der Waals surface area contributed by atoms with E-state index in [1.54, 1.807) is 11.6 Å². The maximum Gasteiger partial charge on any atom is 0.258 e. The van der Waals surface area contributed by atoms with Crippen LogP contribution in [-0.4, -0.2) is 4.57 Å². The zero-order valence-corrected chi connectivity index (χ0v) is 10.5. The summed E-state index contributed by atoms with van der Waals surface area (Å²) in [4.78, 5) is 12.0. The van der Waals surface area contributed by atoms with Gasteiger partial charge in [-0.2, -0.15) is 0 Å². The molecule has 0 amide bonds. The molecule has 0 unspecified atom stereocenters. The zero-order chi connectivity index (χ0) is 12.6. The highest BCUT2D eigenvalue weighted by Gasteiger charge is 2.10. The van der Waals surface area contributed by atoms with E-state index in [1.165, 1.54) is 5.56 Å². The Morgan fingerprint density at radius 2 is 2.00 bits per heavy atom. The fourth-order valence-corrected chi connectivity index (χ4v) is 2.13. The smallest absolute Gasteiger partial charge is 0.258 e. The monoisotopic (exact) mass is 230 g/mol. The summed E-state index contributed by atoms with van der Waals surface area (Å²) < 4.78 is 1.65. The van der Waals surface area contributed by atoms with Gasteiger partial charge in [-0.05, 0) is 34.6 Å². The number of aromatic nitrogens is 1. The van der Waals surface area contributed by atoms with Crippen LogP contribution < -0.4 is 11.3 Å². The zero-order valence-electron chi connectivity index (χ0n) is 10.5. The largest absolute Gasteiger partial charge is 0.326 e. The van der Waals surface area contributed by atoms with E-state index in [0.717, 1.165) is 16.3 Å². The lowest BCUT2D eigenvalue weighted by Crippen LogP contribution is -2.18. The molecule has 3 nitrogen and oxygen atoms in total. The summed E-state index contributed by atoms with van der Waals surface area (Å²) in [5.41, 5.74) is 7.96. The first-order valence-corrected chi connectivity index (χ1v) is 5.87. The molecular weight excluding hydrogens is 212 g/mol. The molecule has 1 aromatic heterocycles. The van der Waals surface area contributed by atoms with Crippen molar-refractivity contribution >= 4 is 10.8 Å². The van der Waals surface area contributed by atoms with Crippen molar-refractivity contribution in [1.82, 2.24) is 4.57 Å². The Labute approximate surface area is 101 Å². The molecule has 0 fully saturated rings. The second-order valence-electron chi connectivity index (χ2n) is 4.74. The second kappa shape index (κ2) is 4.34. The number of pyridine rings is 1. The third-order valence-electron chi connectivity index (χ3n) is 3.14. The van der Waals surface area contributed by atoms with Crippen LogP contribution in [0.2, 0.25) is 0 Å². The van der Waals surface area contributed by atoms with E-state index < -0.39 is 0 Å². The molecule has 0 aliphatic heterocycles. The molecule has 2 aromatic rings. The molecule has 0 saturated carbocycles. The van der Waals surface area contributed by atoms with Crippen LogP contribution in [0.15, 0.2) is 29.2 Å². The van der Waals surface area contributed by atoms with Gasteiger partial charge in [0, 0.05) is 25.2 Å². The van der Waals surface area contributed by atoms with Gasteiger partial charge >= 0.3 is 0 Å². The molecule has 1 aromatic carbocycles. The number of aryl methyl sites for hydroxylation is 1. The Kier molecular flexibility index (Phi) is 3.03. The average molecular weight is 230 g/mol. The molecule has 0 aliphatic rings. The number of fused-ring (bicyclic) bond motifs is 1. The molecule has 2 rings (SSSR count). The summed E-state index contributed by atoms with van der Waals surface area (Å²) in [6, 6.07) is 5.84. The van der Waals surface area contributed by atoms with Gasteiger partial charge in [-0.1, -0.05) is 19.9 Å². The average Bonchev–Trinajstić information content (AvgIpc) is 2.32. The summed E-state index contributed by atoms with van der Waals surface area (Å²) in [5.74, 6) is 0.386. The van der Waals surface area contributed by atoms with Gasteiger partial charge in [0.1, 0.15) is 0 Å². The summed E-state index contributed by atoms with van der Waals surface area (Å²) in [5, 5.41) is 1.81. The molecule has 0 aliphatic carbocycles. The third kappa shape index (κ3) is 1.98. The lowest BCUT2D eigenvalue weighted by molar-refractivity contribution is 0.809. The van der Waals surface area contributed by atoms with E-state index in [9.17, 15) is 4.79 Å². The van der Waals surface area contributed by atoms with Crippen molar-refractivity contribution in [2.45, 2.75) is 26.3 Å². The van der Waals surface area contributed by atoms with Gasteiger partial charge in [-0.3, -0.25) is 4.79 Å². The lowest BCUT2D eigenvalue weighted by atomic mass is 9.97. The predicted molar refractivity (Wildman–Crippen MR) is 71.2 cm³/mol. The quantitative estimate of drug-likeness (QED) is 0.859. The predicted octanol–water partition coefficient (Wildman–Crippen LogP) is 2.12. The Balaban J connectivity index is 2.89. The fourth-order valence-electron chi connectivity index (χ4n) is 2.13. The van der Waals surface area contributed by atoms with Crippen LogP contribution in [0.1, 0.15) is 30.9 Å². The van der Waals surface area contributed by atoms with E-state index in [4.69, 9.17) is 5.73 Å². The van der Waals surface area contributed by atoms with Crippen molar-refractivity contribution in [1.29, 1.82) is 0 Å². The molecule has 0 atom stereocenters. The van der Waals surface area contributed by atoms with Crippen molar-refractivity contribution in [2.24, 2.45) is 12.8 Å². The van der Waals surface area contributed by atoms with Crippen LogP contribution in [0.5, 0.6) is 0 Å². The molecule has 0 radical (unpaired) electrons. The fraction of sp³-hybridized carbons (Fsp3) is 0.357. The van der Waals surface area contributed by atoms with Crippen LogP contribution in [0.4, 0.5) is 0 Å². The van der Waals surface area contributed by atoms with Gasteiger partial charge < -0.3 is 10.3 Å². The SMILES string of the molecule is CC(C)c1cn(C)c(=O)c2ccc(CN)cc12. The second-order valence-corrected chi connectivity index (χ2v) is 4.74. The highest BCUT2D eigenvalue weighted by Crippen LogP contribution is 2.23. The van der Waals surface area contributed by atoms with Crippen LogP contribution in [0.25, 0.3) is 10.8 Å². The lowest BCUT2D eigenvalue weighted by Gasteiger charge is -2.13. The van der Waals surface area contributed by atoms with Crippen LogP contribution in [-0.2, 0) is 13.6 Å². The van der Waals surface area contributed by atoms with Crippen molar-refractivity contribution in [2.75, 3.05) is 0 Å². The molecule has 0 bridgehead atoms. The van der Waals surface area contributed by atoms with Gasteiger partial charge in [0.2, 0.25) is 0 Å². The van der Waals surface area contributed by atoms with Crippen LogP contribution >= 0.6 is 0 Å². The minimum absolute atomic E-state index is 0.0490. The van der Waals surface area contributed by atoms with Gasteiger partial charge in [0.25, 0.3) is 5.56 Å². The number of hydrogen-bond acceptors (Lipinski definition) is 2. The topological polar surface area (TPSA) is 48.0 Å². The molecular formula is C14H18N2O. The first-order valence-electron chi connectivity index (χ1n) is 5.87. The molecule has 3 heteroatoms. The van der Waals surface area contributed by atoms with E-state index in [0.29, 0.717) is 12.5 Å². The summed E-state index contributed by atoms with van der Waals surface area (Å²) in [7, 11) is 1.80. The summed E-state index contributed by atoms with van der Waals surface area (Å²) >= 11 is 0. The van der Waals surface area contributed by atoms with E-state index in [2.05, 4.69) is 13.8 Å². The minimum Gasteiger partial charge on any atom is -0.326 e. The van der Waals surface area contributed by atoms with Gasteiger partial charge in [-0.25, -0.2) is 0 Å². The van der Waals surface area contributed by atoms with E-state index >= 15 is 0 Å². The Morgan fingerprint density at radius 1 is 1.29 bits per heavy atom. The highest BCUT2D eigenvalue weighted by atomic mass is 16.1. The number of rotatable bonds is 2. The molecule has 90 valence electrons. The molecule has 17 heavy (non-hydrogen) atoms. The van der Waals surface area contributed by atoms with Gasteiger partial charge in [0.15, 0.2) is 0 Å². The number of nitrogens with two attached hydrogens (primary N) is 1. The Hall–Kier alpha value is -1.61. The van der Waals surface area contributed by atoms with Crippen molar-refractivity contribution in [3.8, 4) is 0 Å². The van der Waals surface area contributed by atoms with Crippen molar-refractivity contribution < 1.29 is 0 Å². The normalized spacial score (nSPS) is 11.4. The number of nitrogens with zero attached hydrogens (tertiary/aromatic N) is 1. The Morgan fingerprint density at radius 3 is 2.59 bits per heavy atom. The minimum atomic E-state index is 0.0490. The van der Waals surface area contributed by atoms with Gasteiger partial charge in [-0.15, -0.1) is 0 Å². The van der Waals surface area contributed by atoms with E-state index in [1.807, 2.05) is 24.4 Å². The van der Waals surface area contributed by atoms with E-state index in [-0.39, 0.29) is 5.56 Å². The molecule has 2 N–H and O–H groups in total. The van der Waals surface area contributed by atoms with Gasteiger partial charge in [0.05, 0.1) is 0 Å². The van der Waals surface area contributed by atoms with Crippen LogP contribution in [0.3, 0.4) is 0 Å².